The summed E-state index contributed by atoms with van der Waals surface area (Å²) in [5, 5.41) is 20.1. The van der Waals surface area contributed by atoms with Crippen LogP contribution in [0.3, 0.4) is 0 Å². The zero-order valence-electron chi connectivity index (χ0n) is 21.7. The van der Waals surface area contributed by atoms with Gasteiger partial charge in [0.25, 0.3) is 0 Å². The van der Waals surface area contributed by atoms with Crippen molar-refractivity contribution in [3.63, 3.8) is 0 Å². The smallest absolute Gasteiger partial charge is 0.351 e. The van der Waals surface area contributed by atoms with Gasteiger partial charge in [-0.25, -0.2) is 8.78 Å². The molecule has 3 aromatic carbocycles. The van der Waals surface area contributed by atoms with Gasteiger partial charge in [0.05, 0.1) is 22.5 Å². The fraction of sp³-hybridized carbons (Fsp3) is 0.120. The van der Waals surface area contributed by atoms with E-state index in [4.69, 9.17) is 10.5 Å². The Hall–Kier alpha value is -5.43. The first-order chi connectivity index (χ1) is 20.4. The van der Waals surface area contributed by atoms with Crippen LogP contribution >= 0.6 is 0 Å². The quantitative estimate of drug-likeness (QED) is 0.105. The highest BCUT2D eigenvalue weighted by molar-refractivity contribution is 7.87. The lowest BCUT2D eigenvalue weighted by molar-refractivity contribution is -0.173. The SMILES string of the molecule is Cc1ccc(S(=O)(=O)O/C(=N\Nc2ccc(F)c(C#N)c2)C(F)(F)F)cc1.N#Cc1cc(NNC(=O)C(F)(F)F)ccc1F. The predicted octanol–water partition coefficient (Wildman–Crippen LogP) is 5.40. The van der Waals surface area contributed by atoms with Crippen molar-refractivity contribution in [2.75, 3.05) is 10.9 Å². The van der Waals surface area contributed by atoms with E-state index >= 15 is 0 Å². The first-order valence-electron chi connectivity index (χ1n) is 11.3. The van der Waals surface area contributed by atoms with Crippen LogP contribution in [0.25, 0.3) is 0 Å². The van der Waals surface area contributed by atoms with Crippen LogP contribution in [0.1, 0.15) is 16.7 Å². The van der Waals surface area contributed by atoms with E-state index in [1.54, 1.807) is 6.92 Å². The minimum absolute atomic E-state index is 0.0412. The minimum Gasteiger partial charge on any atom is -0.351 e. The minimum atomic E-state index is -5.23. The van der Waals surface area contributed by atoms with E-state index in [2.05, 4.69) is 9.28 Å². The number of halogens is 8. The van der Waals surface area contributed by atoms with Gasteiger partial charge in [0.2, 0.25) is 0 Å². The monoisotopic (exact) mass is 648 g/mol. The Balaban J connectivity index is 0.000000342. The summed E-state index contributed by atoms with van der Waals surface area (Å²) in [6.45, 7) is 1.67. The number of benzene rings is 3. The van der Waals surface area contributed by atoms with Gasteiger partial charge in [0.15, 0.2) is 0 Å². The molecule has 0 heterocycles. The van der Waals surface area contributed by atoms with Gasteiger partial charge in [-0.1, -0.05) is 17.7 Å². The zero-order chi connectivity index (χ0) is 33.3. The highest BCUT2D eigenvalue weighted by Gasteiger charge is 2.42. The molecule has 0 unspecified atom stereocenters. The number of hydrogen-bond donors (Lipinski definition) is 3. The molecule has 0 fully saturated rings. The summed E-state index contributed by atoms with van der Waals surface area (Å²) in [6.07, 6.45) is -10.3. The highest BCUT2D eigenvalue weighted by atomic mass is 32.2. The summed E-state index contributed by atoms with van der Waals surface area (Å²) in [7, 11) is -4.79. The summed E-state index contributed by atoms with van der Waals surface area (Å²) >= 11 is 0. The number of nitrogens with zero attached hydrogens (tertiary/aromatic N) is 3. The molecule has 3 aromatic rings. The van der Waals surface area contributed by atoms with Crippen LogP contribution in [-0.2, 0) is 19.1 Å². The maximum atomic E-state index is 13.2. The van der Waals surface area contributed by atoms with E-state index in [0.29, 0.717) is 5.56 Å². The van der Waals surface area contributed by atoms with Crippen molar-refractivity contribution in [1.82, 2.24) is 5.43 Å². The van der Waals surface area contributed by atoms with E-state index < -0.39 is 56.4 Å². The second-order valence-electron chi connectivity index (χ2n) is 8.07. The number of nitriles is 2. The van der Waals surface area contributed by atoms with Gasteiger partial charge < -0.3 is 4.18 Å². The molecule has 0 aromatic heterocycles. The van der Waals surface area contributed by atoms with E-state index in [1.807, 2.05) is 10.9 Å². The largest absolute Gasteiger partial charge is 0.472 e. The molecule has 1 amide bonds. The number of nitrogens with one attached hydrogen (secondary N) is 3. The second kappa shape index (κ2) is 14.2. The summed E-state index contributed by atoms with van der Waals surface area (Å²) < 4.78 is 129. The normalized spacial score (nSPS) is 11.7. The lowest BCUT2D eigenvalue weighted by atomic mass is 10.2. The third kappa shape index (κ3) is 10.1. The highest BCUT2D eigenvalue weighted by Crippen LogP contribution is 2.24. The van der Waals surface area contributed by atoms with Crippen molar-refractivity contribution in [2.45, 2.75) is 24.2 Å². The van der Waals surface area contributed by atoms with E-state index in [-0.39, 0.29) is 16.9 Å². The molecule has 0 aliphatic rings. The number of carbonyl (C=O) groups is 1. The van der Waals surface area contributed by atoms with Crippen LogP contribution in [0.5, 0.6) is 0 Å². The van der Waals surface area contributed by atoms with Gasteiger partial charge in [0, 0.05) is 0 Å². The zero-order valence-corrected chi connectivity index (χ0v) is 22.5. The Morgan fingerprint density at radius 3 is 1.80 bits per heavy atom. The van der Waals surface area contributed by atoms with Crippen LogP contribution in [0, 0.1) is 41.2 Å². The van der Waals surface area contributed by atoms with E-state index in [0.717, 1.165) is 48.5 Å². The molecule has 10 nitrogen and oxygen atoms in total. The fourth-order valence-electron chi connectivity index (χ4n) is 2.67. The molecule has 232 valence electrons. The fourth-order valence-corrected chi connectivity index (χ4v) is 3.58. The number of aryl methyl sites for hydroxylation is 1. The Labute approximate surface area is 243 Å². The van der Waals surface area contributed by atoms with E-state index in [1.165, 1.54) is 29.7 Å². The maximum Gasteiger partial charge on any atom is 0.472 e. The summed E-state index contributed by atoms with van der Waals surface area (Å²) in [4.78, 5) is 9.93. The summed E-state index contributed by atoms with van der Waals surface area (Å²) in [6, 6.07) is 13.7. The van der Waals surface area contributed by atoms with Crippen molar-refractivity contribution >= 4 is 33.3 Å². The second-order valence-corrected chi connectivity index (χ2v) is 9.61. The van der Waals surface area contributed by atoms with Gasteiger partial charge >= 0.3 is 34.3 Å². The van der Waals surface area contributed by atoms with Gasteiger partial charge in [-0.15, -0.1) is 5.10 Å². The number of alkyl halides is 6. The van der Waals surface area contributed by atoms with Crippen LogP contribution in [-0.4, -0.2) is 32.6 Å². The van der Waals surface area contributed by atoms with Gasteiger partial charge in [-0.2, -0.15) is 45.3 Å². The lowest BCUT2D eigenvalue weighted by Crippen LogP contribution is -2.40. The Kier molecular flexibility index (Phi) is 11.2. The average molecular weight is 648 g/mol. The third-order valence-corrected chi connectivity index (χ3v) is 6.01. The number of rotatable bonds is 6. The van der Waals surface area contributed by atoms with Crippen molar-refractivity contribution in [3.8, 4) is 12.1 Å². The molecule has 0 atom stereocenters. The molecule has 44 heavy (non-hydrogen) atoms. The Morgan fingerprint density at radius 1 is 0.818 bits per heavy atom. The standard InChI is InChI=1S/C16H11F4N3O3S.C9H5F4N3O/c1-10-2-5-13(6-3-10)27(24,25)26-15(16(18,19)20)23-22-12-4-7-14(17)11(8-12)9-21;10-7-2-1-6(3-5(7)4-14)15-16-8(17)9(11,12)13/h2-8,22H,1H3;1-3,15H,(H,16,17)/b23-15-;. The first-order valence-corrected chi connectivity index (χ1v) is 12.7. The van der Waals surface area contributed by atoms with Crippen LogP contribution < -0.4 is 16.3 Å². The van der Waals surface area contributed by atoms with Crippen LogP contribution in [0.2, 0.25) is 0 Å². The number of hydrogen-bond acceptors (Lipinski definition) is 9. The number of carbonyl (C=O) groups excluding carboxylic acids is 1. The predicted molar refractivity (Wildman–Crippen MR) is 137 cm³/mol. The third-order valence-electron chi connectivity index (χ3n) is 4.78. The average Bonchev–Trinajstić information content (AvgIpc) is 2.94. The number of hydrazine groups is 1. The number of hydrazone groups is 1. The molecule has 0 saturated carbocycles. The molecular weight excluding hydrogens is 632 g/mol. The summed E-state index contributed by atoms with van der Waals surface area (Å²) in [5.41, 5.74) is 4.88. The van der Waals surface area contributed by atoms with Gasteiger partial charge in [-0.3, -0.25) is 21.1 Å². The van der Waals surface area contributed by atoms with Crippen molar-refractivity contribution in [2.24, 2.45) is 5.10 Å². The number of amides is 1. The van der Waals surface area contributed by atoms with Crippen LogP contribution in [0.15, 0.2) is 70.7 Å². The summed E-state index contributed by atoms with van der Waals surface area (Å²) in [5.74, 6) is -5.95. The van der Waals surface area contributed by atoms with Gasteiger partial charge in [0.1, 0.15) is 28.7 Å². The molecule has 0 spiro atoms. The number of anilines is 2. The molecule has 0 saturated heterocycles. The van der Waals surface area contributed by atoms with Crippen molar-refractivity contribution in [1.29, 1.82) is 10.5 Å². The van der Waals surface area contributed by atoms with Gasteiger partial charge in [-0.05, 0) is 55.5 Å². The maximum absolute atomic E-state index is 13.2. The molecule has 0 radical (unpaired) electrons. The molecule has 0 bridgehead atoms. The molecule has 3 rings (SSSR count). The molecular formula is C25H16F8N6O4S. The lowest BCUT2D eigenvalue weighted by Gasteiger charge is -2.12. The van der Waals surface area contributed by atoms with Crippen LogP contribution in [0.4, 0.5) is 46.5 Å². The molecule has 19 heteroatoms. The first kappa shape index (κ1) is 34.8. The molecule has 0 aliphatic heterocycles. The van der Waals surface area contributed by atoms with Crippen molar-refractivity contribution in [3.05, 3.63) is 89.0 Å². The molecule has 3 N–H and O–H groups in total. The van der Waals surface area contributed by atoms with E-state index in [9.17, 15) is 48.3 Å². The molecule has 0 aliphatic carbocycles. The topological polar surface area (TPSA) is 156 Å². The Morgan fingerprint density at radius 2 is 1.32 bits per heavy atom. The Bertz CT molecular complexity index is 1730. The van der Waals surface area contributed by atoms with Crippen molar-refractivity contribution < 1.29 is 52.5 Å².